The molecule has 0 amide bonds. The van der Waals surface area contributed by atoms with Gasteiger partial charge in [-0.3, -0.25) is 0 Å². The predicted molar refractivity (Wildman–Crippen MR) is 108 cm³/mol. The van der Waals surface area contributed by atoms with E-state index in [9.17, 15) is 23.4 Å². The van der Waals surface area contributed by atoms with Crippen LogP contribution in [-0.2, 0) is 11.8 Å². The number of rotatable bonds is 5. The first-order valence-corrected chi connectivity index (χ1v) is 9.49. The predicted octanol–water partition coefficient (Wildman–Crippen LogP) is 5.69. The lowest BCUT2D eigenvalue weighted by atomic mass is 9.72. The molecule has 3 nitrogen and oxygen atoms in total. The standard InChI is InChI=1S/C23H26F3NO2/c1-14-9-15(2)20(28)11-18(14)21(3,4)13-22(29,23(24,25)26)12-17-10-16-7-5-6-8-19(16)27-17/h5-11,27-29H,12-13H2,1-4H3. The number of hydrogen-bond acceptors (Lipinski definition) is 2. The lowest BCUT2D eigenvalue weighted by molar-refractivity contribution is -0.266. The fourth-order valence-electron chi connectivity index (χ4n) is 4.20. The summed E-state index contributed by atoms with van der Waals surface area (Å²) in [6.07, 6.45) is -5.93. The molecule has 1 heterocycles. The summed E-state index contributed by atoms with van der Waals surface area (Å²) in [4.78, 5) is 2.98. The van der Waals surface area contributed by atoms with Gasteiger partial charge in [-0.05, 0) is 66.0 Å². The molecule has 1 atom stereocenters. The third-order valence-corrected chi connectivity index (χ3v) is 5.60. The normalized spacial score (nSPS) is 14.9. The summed E-state index contributed by atoms with van der Waals surface area (Å²) < 4.78 is 42.1. The average molecular weight is 405 g/mol. The van der Waals surface area contributed by atoms with Gasteiger partial charge in [-0.1, -0.05) is 38.1 Å². The minimum absolute atomic E-state index is 0.0323. The number of hydrogen-bond donors (Lipinski definition) is 3. The number of halogens is 3. The Morgan fingerprint density at radius 2 is 1.62 bits per heavy atom. The van der Waals surface area contributed by atoms with Gasteiger partial charge in [0.2, 0.25) is 0 Å². The highest BCUT2D eigenvalue weighted by Gasteiger charge is 2.56. The maximum atomic E-state index is 14.0. The fourth-order valence-corrected chi connectivity index (χ4v) is 4.20. The van der Waals surface area contributed by atoms with Crippen molar-refractivity contribution in [3.63, 3.8) is 0 Å². The quantitative estimate of drug-likeness (QED) is 0.510. The summed E-state index contributed by atoms with van der Waals surface area (Å²) in [5, 5.41) is 21.7. The van der Waals surface area contributed by atoms with Gasteiger partial charge >= 0.3 is 6.18 Å². The molecule has 2 aromatic carbocycles. The Morgan fingerprint density at radius 1 is 0.966 bits per heavy atom. The fraction of sp³-hybridized carbons (Fsp3) is 0.391. The molecule has 0 saturated carbocycles. The number of phenolic OH excluding ortho intramolecular Hbond substituents is 1. The van der Waals surface area contributed by atoms with Gasteiger partial charge in [0.25, 0.3) is 0 Å². The first kappa shape index (κ1) is 21.2. The molecule has 0 aliphatic carbocycles. The second kappa shape index (κ2) is 7.10. The molecular formula is C23H26F3NO2. The Bertz CT molecular complexity index is 1000. The highest BCUT2D eigenvalue weighted by atomic mass is 19.4. The molecular weight excluding hydrogens is 379 g/mol. The van der Waals surface area contributed by atoms with E-state index in [0.29, 0.717) is 16.8 Å². The highest BCUT2D eigenvalue weighted by Crippen LogP contribution is 2.44. The Hall–Kier alpha value is -2.47. The number of alkyl halides is 3. The number of nitrogens with one attached hydrogen (secondary N) is 1. The van der Waals surface area contributed by atoms with Crippen molar-refractivity contribution >= 4 is 10.9 Å². The zero-order valence-corrected chi connectivity index (χ0v) is 17.0. The Balaban J connectivity index is 1.99. The molecule has 1 unspecified atom stereocenters. The number of phenols is 1. The van der Waals surface area contributed by atoms with E-state index in [1.54, 1.807) is 52.0 Å². The van der Waals surface area contributed by atoms with E-state index in [4.69, 9.17) is 0 Å². The van der Waals surface area contributed by atoms with Crippen LogP contribution < -0.4 is 0 Å². The van der Waals surface area contributed by atoms with Gasteiger partial charge in [-0.15, -0.1) is 0 Å². The topological polar surface area (TPSA) is 56.2 Å². The number of aromatic nitrogens is 1. The Labute approximate surface area is 168 Å². The monoisotopic (exact) mass is 405 g/mol. The van der Waals surface area contributed by atoms with E-state index in [-0.39, 0.29) is 5.75 Å². The number of aryl methyl sites for hydroxylation is 2. The average Bonchev–Trinajstić information content (AvgIpc) is 2.98. The number of fused-ring (bicyclic) bond motifs is 1. The molecule has 1 aromatic heterocycles. The van der Waals surface area contributed by atoms with Gasteiger partial charge in [0.05, 0.1) is 0 Å². The van der Waals surface area contributed by atoms with Gasteiger partial charge in [0, 0.05) is 17.6 Å². The third-order valence-electron chi connectivity index (χ3n) is 5.60. The van der Waals surface area contributed by atoms with Crippen LogP contribution in [0.2, 0.25) is 0 Å². The van der Waals surface area contributed by atoms with Crippen molar-refractivity contribution in [3.8, 4) is 5.75 Å². The summed E-state index contributed by atoms with van der Waals surface area (Å²) in [7, 11) is 0. The van der Waals surface area contributed by atoms with Crippen LogP contribution in [0.15, 0.2) is 42.5 Å². The van der Waals surface area contributed by atoms with Crippen LogP contribution in [0, 0.1) is 13.8 Å². The summed E-state index contributed by atoms with van der Waals surface area (Å²) in [6, 6.07) is 12.1. The van der Waals surface area contributed by atoms with Crippen molar-refractivity contribution < 1.29 is 23.4 Å². The number of aromatic amines is 1. The number of H-pyrrole nitrogens is 1. The van der Waals surface area contributed by atoms with Gasteiger partial charge in [-0.2, -0.15) is 13.2 Å². The first-order valence-electron chi connectivity index (χ1n) is 9.49. The maximum Gasteiger partial charge on any atom is 0.417 e. The van der Waals surface area contributed by atoms with Crippen LogP contribution in [0.4, 0.5) is 13.2 Å². The van der Waals surface area contributed by atoms with Crippen LogP contribution >= 0.6 is 0 Å². The minimum atomic E-state index is -4.82. The van der Waals surface area contributed by atoms with E-state index in [0.717, 1.165) is 16.5 Å². The minimum Gasteiger partial charge on any atom is -0.508 e. The van der Waals surface area contributed by atoms with Crippen LogP contribution in [0.1, 0.15) is 42.7 Å². The second-order valence-corrected chi connectivity index (χ2v) is 8.60. The van der Waals surface area contributed by atoms with Crippen LogP contribution in [0.3, 0.4) is 0 Å². The summed E-state index contributed by atoms with van der Waals surface area (Å²) in [5.41, 5.74) is -0.877. The summed E-state index contributed by atoms with van der Waals surface area (Å²) in [6.45, 7) is 6.85. The molecule has 0 aliphatic heterocycles. The number of aromatic hydroxyl groups is 1. The van der Waals surface area contributed by atoms with E-state index >= 15 is 0 Å². The van der Waals surface area contributed by atoms with Crippen molar-refractivity contribution in [1.29, 1.82) is 0 Å². The smallest absolute Gasteiger partial charge is 0.417 e. The van der Waals surface area contributed by atoms with Crippen molar-refractivity contribution in [2.45, 2.75) is 57.7 Å². The van der Waals surface area contributed by atoms with Crippen molar-refractivity contribution in [2.24, 2.45) is 0 Å². The third kappa shape index (κ3) is 4.13. The van der Waals surface area contributed by atoms with Crippen molar-refractivity contribution in [1.82, 2.24) is 4.98 Å². The first-order chi connectivity index (χ1) is 13.3. The number of benzene rings is 2. The van der Waals surface area contributed by atoms with Crippen LogP contribution in [0.25, 0.3) is 10.9 Å². The molecule has 3 aromatic rings. The Morgan fingerprint density at radius 3 is 2.24 bits per heavy atom. The SMILES string of the molecule is Cc1cc(C)c(C(C)(C)CC(O)(Cc2cc3ccccc3[nH]2)C(F)(F)F)cc1O. The van der Waals surface area contributed by atoms with E-state index in [1.165, 1.54) is 6.07 Å². The molecule has 156 valence electrons. The number of aliphatic hydroxyl groups is 1. The maximum absolute atomic E-state index is 14.0. The zero-order valence-electron chi connectivity index (χ0n) is 17.0. The zero-order chi connectivity index (χ0) is 21.6. The molecule has 0 radical (unpaired) electrons. The number of para-hydroxylation sites is 1. The molecule has 3 rings (SSSR count). The molecule has 0 spiro atoms. The van der Waals surface area contributed by atoms with Crippen LogP contribution in [-0.4, -0.2) is 27.0 Å². The van der Waals surface area contributed by atoms with Gasteiger partial charge < -0.3 is 15.2 Å². The van der Waals surface area contributed by atoms with Gasteiger partial charge in [-0.25, -0.2) is 0 Å². The van der Waals surface area contributed by atoms with E-state index < -0.39 is 30.0 Å². The Kier molecular flexibility index (Phi) is 5.20. The van der Waals surface area contributed by atoms with E-state index in [2.05, 4.69) is 4.98 Å². The molecule has 0 fully saturated rings. The summed E-state index contributed by atoms with van der Waals surface area (Å²) in [5.74, 6) is 0.0323. The van der Waals surface area contributed by atoms with E-state index in [1.807, 2.05) is 12.1 Å². The molecule has 0 bridgehead atoms. The summed E-state index contributed by atoms with van der Waals surface area (Å²) >= 11 is 0. The highest BCUT2D eigenvalue weighted by molar-refractivity contribution is 5.80. The molecule has 0 saturated heterocycles. The largest absolute Gasteiger partial charge is 0.508 e. The van der Waals surface area contributed by atoms with Crippen LogP contribution in [0.5, 0.6) is 5.75 Å². The molecule has 0 aliphatic rings. The van der Waals surface area contributed by atoms with Gasteiger partial charge in [0.1, 0.15) is 5.75 Å². The molecule has 29 heavy (non-hydrogen) atoms. The second-order valence-electron chi connectivity index (χ2n) is 8.60. The lowest BCUT2D eigenvalue weighted by Crippen LogP contribution is -2.51. The van der Waals surface area contributed by atoms with Crippen molar-refractivity contribution in [2.75, 3.05) is 0 Å². The van der Waals surface area contributed by atoms with Gasteiger partial charge in [0.15, 0.2) is 5.60 Å². The molecule has 6 heteroatoms. The van der Waals surface area contributed by atoms with Crippen molar-refractivity contribution in [3.05, 3.63) is 64.8 Å². The lowest BCUT2D eigenvalue weighted by Gasteiger charge is -2.38. The molecule has 3 N–H and O–H groups in total.